The molecular formula is C15H18FN3. The molecule has 1 aromatic heterocycles. The molecule has 3 rings (SSSR count). The molecule has 0 amide bonds. The van der Waals surface area contributed by atoms with Crippen molar-refractivity contribution >= 4 is 0 Å². The van der Waals surface area contributed by atoms with Crippen molar-refractivity contribution in [2.45, 2.75) is 44.8 Å². The molecule has 2 aromatic rings. The van der Waals surface area contributed by atoms with Crippen LogP contribution in [0.3, 0.4) is 0 Å². The van der Waals surface area contributed by atoms with Gasteiger partial charge in [-0.15, -0.1) is 0 Å². The van der Waals surface area contributed by atoms with Gasteiger partial charge < -0.3 is 0 Å². The van der Waals surface area contributed by atoms with E-state index in [2.05, 4.69) is 10.1 Å². The van der Waals surface area contributed by atoms with Crippen molar-refractivity contribution < 1.29 is 4.39 Å². The Morgan fingerprint density at radius 1 is 1.21 bits per heavy atom. The first-order chi connectivity index (χ1) is 8.97. The Bertz CT molecular complexity index is 583. The summed E-state index contributed by atoms with van der Waals surface area (Å²) in [6.45, 7) is 6.13. The second kappa shape index (κ2) is 4.15. The maximum Gasteiger partial charge on any atom is 0.162 e. The van der Waals surface area contributed by atoms with Crippen LogP contribution in [0.4, 0.5) is 4.39 Å². The molecule has 0 spiro atoms. The number of benzene rings is 1. The third-order valence-electron chi connectivity index (χ3n) is 3.52. The first kappa shape index (κ1) is 12.3. The summed E-state index contributed by atoms with van der Waals surface area (Å²) < 4.78 is 15.9. The fourth-order valence-electron chi connectivity index (χ4n) is 2.45. The SMILES string of the molecule is CC(C)(C)c1nc2n(n1)[C@H](c1ccccc1)C[C@H]2F. The Labute approximate surface area is 112 Å². The first-order valence-electron chi connectivity index (χ1n) is 6.63. The number of nitrogens with zero attached hydrogens (tertiary/aromatic N) is 3. The van der Waals surface area contributed by atoms with Crippen LogP contribution in [0.2, 0.25) is 0 Å². The predicted molar refractivity (Wildman–Crippen MR) is 71.8 cm³/mol. The molecule has 2 heterocycles. The largest absolute Gasteiger partial charge is 0.239 e. The highest BCUT2D eigenvalue weighted by Crippen LogP contribution is 2.40. The predicted octanol–water partition coefficient (Wildman–Crippen LogP) is 3.58. The van der Waals surface area contributed by atoms with E-state index in [1.54, 1.807) is 4.68 Å². The van der Waals surface area contributed by atoms with Crippen molar-refractivity contribution in [3.05, 3.63) is 47.5 Å². The summed E-state index contributed by atoms with van der Waals surface area (Å²) in [6, 6.07) is 9.92. The third-order valence-corrected chi connectivity index (χ3v) is 3.52. The molecule has 1 aliphatic rings. The normalized spacial score (nSPS) is 22.5. The highest BCUT2D eigenvalue weighted by molar-refractivity contribution is 5.24. The average molecular weight is 259 g/mol. The molecule has 3 nitrogen and oxygen atoms in total. The Morgan fingerprint density at radius 3 is 2.53 bits per heavy atom. The Kier molecular flexibility index (Phi) is 2.69. The van der Waals surface area contributed by atoms with Gasteiger partial charge in [0.1, 0.15) is 0 Å². The van der Waals surface area contributed by atoms with E-state index in [1.165, 1.54) is 0 Å². The quantitative estimate of drug-likeness (QED) is 0.783. The van der Waals surface area contributed by atoms with Gasteiger partial charge in [-0.3, -0.25) is 0 Å². The van der Waals surface area contributed by atoms with E-state index >= 15 is 0 Å². The van der Waals surface area contributed by atoms with Crippen molar-refractivity contribution in [3.63, 3.8) is 0 Å². The van der Waals surface area contributed by atoms with Gasteiger partial charge in [0.25, 0.3) is 0 Å². The lowest BCUT2D eigenvalue weighted by molar-refractivity contribution is 0.326. The van der Waals surface area contributed by atoms with Crippen LogP contribution in [0.5, 0.6) is 0 Å². The van der Waals surface area contributed by atoms with E-state index < -0.39 is 6.17 Å². The lowest BCUT2D eigenvalue weighted by Crippen LogP contribution is -2.16. The lowest BCUT2D eigenvalue weighted by Gasteiger charge is -2.15. The molecule has 0 N–H and O–H groups in total. The summed E-state index contributed by atoms with van der Waals surface area (Å²) in [5.41, 5.74) is 0.937. The maximum atomic E-state index is 14.1. The standard InChI is InChI=1S/C15H18FN3/c1-15(2,3)14-17-13-11(16)9-12(19(13)18-14)10-7-5-4-6-8-10/h4-8,11-12H,9H2,1-3H3/t11-,12+/m1/s1. The molecule has 100 valence electrons. The van der Waals surface area contributed by atoms with Crippen LogP contribution in [0, 0.1) is 0 Å². The average Bonchev–Trinajstić information content (AvgIpc) is 2.91. The Balaban J connectivity index is 2.04. The minimum Gasteiger partial charge on any atom is -0.239 e. The molecule has 0 unspecified atom stereocenters. The van der Waals surface area contributed by atoms with Crippen molar-refractivity contribution in [1.82, 2.24) is 14.8 Å². The first-order valence-corrected chi connectivity index (χ1v) is 6.63. The van der Waals surface area contributed by atoms with Crippen LogP contribution in [0.15, 0.2) is 30.3 Å². The van der Waals surface area contributed by atoms with E-state index in [-0.39, 0.29) is 11.5 Å². The number of halogens is 1. The minimum atomic E-state index is -1.02. The molecule has 19 heavy (non-hydrogen) atoms. The number of rotatable bonds is 1. The van der Waals surface area contributed by atoms with Crippen molar-refractivity contribution in [2.75, 3.05) is 0 Å². The summed E-state index contributed by atoms with van der Waals surface area (Å²) in [6.07, 6.45) is -0.585. The number of hydrogen-bond donors (Lipinski definition) is 0. The topological polar surface area (TPSA) is 30.7 Å². The molecule has 0 radical (unpaired) electrons. The number of alkyl halides is 1. The molecule has 0 fully saturated rings. The van der Waals surface area contributed by atoms with Crippen molar-refractivity contribution in [3.8, 4) is 0 Å². The summed E-state index contributed by atoms with van der Waals surface area (Å²) in [5.74, 6) is 1.18. The smallest absolute Gasteiger partial charge is 0.162 e. The summed E-state index contributed by atoms with van der Waals surface area (Å²) >= 11 is 0. The molecule has 0 saturated heterocycles. The molecule has 0 saturated carbocycles. The maximum absolute atomic E-state index is 14.1. The molecule has 0 bridgehead atoms. The minimum absolute atomic E-state index is 0.0326. The molecule has 4 heteroatoms. The summed E-state index contributed by atoms with van der Waals surface area (Å²) in [4.78, 5) is 4.40. The lowest BCUT2D eigenvalue weighted by atomic mass is 9.96. The third kappa shape index (κ3) is 2.05. The monoisotopic (exact) mass is 259 g/mol. The zero-order valence-corrected chi connectivity index (χ0v) is 11.5. The van der Waals surface area contributed by atoms with E-state index in [0.29, 0.717) is 18.1 Å². The highest BCUT2D eigenvalue weighted by Gasteiger charge is 2.36. The summed E-state index contributed by atoms with van der Waals surface area (Å²) in [7, 11) is 0. The van der Waals surface area contributed by atoms with Crippen LogP contribution >= 0.6 is 0 Å². The van der Waals surface area contributed by atoms with Crippen LogP contribution in [0.25, 0.3) is 0 Å². The molecule has 2 atom stereocenters. The van der Waals surface area contributed by atoms with Crippen LogP contribution in [-0.4, -0.2) is 14.8 Å². The fraction of sp³-hybridized carbons (Fsp3) is 0.467. The second-order valence-electron chi connectivity index (χ2n) is 6.12. The van der Waals surface area contributed by atoms with Crippen molar-refractivity contribution in [2.24, 2.45) is 0 Å². The number of hydrogen-bond acceptors (Lipinski definition) is 2. The zero-order chi connectivity index (χ0) is 13.6. The highest BCUT2D eigenvalue weighted by atomic mass is 19.1. The molecule has 1 aliphatic heterocycles. The van der Waals surface area contributed by atoms with Crippen LogP contribution in [-0.2, 0) is 5.41 Å². The van der Waals surface area contributed by atoms with E-state index in [1.807, 2.05) is 51.1 Å². The van der Waals surface area contributed by atoms with Gasteiger partial charge >= 0.3 is 0 Å². The van der Waals surface area contributed by atoms with Gasteiger partial charge in [-0.25, -0.2) is 14.1 Å². The van der Waals surface area contributed by atoms with Gasteiger partial charge in [-0.2, -0.15) is 5.10 Å². The van der Waals surface area contributed by atoms with E-state index in [9.17, 15) is 4.39 Å². The van der Waals surface area contributed by atoms with Crippen LogP contribution < -0.4 is 0 Å². The van der Waals surface area contributed by atoms with E-state index in [0.717, 1.165) is 5.56 Å². The number of fused-ring (bicyclic) bond motifs is 1. The Morgan fingerprint density at radius 2 is 1.89 bits per heavy atom. The van der Waals surface area contributed by atoms with Gasteiger partial charge in [-0.05, 0) is 5.56 Å². The van der Waals surface area contributed by atoms with Crippen LogP contribution in [0.1, 0.15) is 56.6 Å². The molecule has 0 aliphatic carbocycles. The van der Waals surface area contributed by atoms with Gasteiger partial charge in [0.2, 0.25) is 0 Å². The number of aromatic nitrogens is 3. The van der Waals surface area contributed by atoms with Gasteiger partial charge in [0.05, 0.1) is 6.04 Å². The molecular weight excluding hydrogens is 241 g/mol. The van der Waals surface area contributed by atoms with Gasteiger partial charge in [0.15, 0.2) is 17.8 Å². The second-order valence-corrected chi connectivity index (χ2v) is 6.12. The van der Waals surface area contributed by atoms with E-state index in [4.69, 9.17) is 0 Å². The zero-order valence-electron chi connectivity index (χ0n) is 11.5. The Hall–Kier alpha value is -1.71. The van der Waals surface area contributed by atoms with Crippen molar-refractivity contribution in [1.29, 1.82) is 0 Å². The van der Waals surface area contributed by atoms with Gasteiger partial charge in [-0.1, -0.05) is 51.1 Å². The summed E-state index contributed by atoms with van der Waals surface area (Å²) in [5, 5.41) is 4.54. The fourth-order valence-corrected chi connectivity index (χ4v) is 2.45. The molecule has 1 aromatic carbocycles. The van der Waals surface area contributed by atoms with Gasteiger partial charge in [0, 0.05) is 11.8 Å².